The molecule has 0 radical (unpaired) electrons. The van der Waals surface area contributed by atoms with Crippen LogP contribution in [0.2, 0.25) is 0 Å². The van der Waals surface area contributed by atoms with Crippen LogP contribution in [0.1, 0.15) is 19.8 Å². The van der Waals surface area contributed by atoms with Crippen molar-refractivity contribution in [3.05, 3.63) is 0 Å². The lowest BCUT2D eigenvalue weighted by atomic mass is 9.85. The number of rotatable bonds is 14. The van der Waals surface area contributed by atoms with Crippen LogP contribution in [0.4, 0.5) is 0 Å². The van der Waals surface area contributed by atoms with Crippen molar-refractivity contribution < 1.29 is 48.6 Å². The second-order valence-electron chi connectivity index (χ2n) is 10.2. The third-order valence-corrected chi connectivity index (χ3v) is 4.56. The van der Waals surface area contributed by atoms with E-state index in [-0.39, 0.29) is 34.9 Å². The number of hydrogen-bond acceptors (Lipinski definition) is 6. The van der Waals surface area contributed by atoms with Crippen LogP contribution in [0.5, 0.6) is 0 Å². The molecule has 0 aromatic carbocycles. The molecule has 0 aliphatic rings. The number of Topliss-reactive ketones (excluding diaryl/α,β-unsaturated/α-hetero) is 2. The van der Waals surface area contributed by atoms with E-state index in [1.807, 2.05) is 0 Å². The van der Waals surface area contributed by atoms with Crippen molar-refractivity contribution in [1.29, 1.82) is 0 Å². The van der Waals surface area contributed by atoms with Crippen molar-refractivity contribution in [2.45, 2.75) is 32.0 Å². The summed E-state index contributed by atoms with van der Waals surface area (Å²) in [5, 5.41) is 39.2. The maximum absolute atomic E-state index is 12.5. The van der Waals surface area contributed by atoms with Gasteiger partial charge < -0.3 is 29.4 Å². The molecule has 4 unspecified atom stereocenters. The molecule has 0 spiro atoms. The highest BCUT2D eigenvalue weighted by Gasteiger charge is 2.39. The number of aliphatic carboxylic acids is 2. The summed E-state index contributed by atoms with van der Waals surface area (Å²) in [6, 6.07) is 0. The monoisotopic (exact) mass is 434 g/mol. The minimum absolute atomic E-state index is 0.0500. The summed E-state index contributed by atoms with van der Waals surface area (Å²) in [5.41, 5.74) is 0. The largest absolute Gasteiger partial charge is 0.481 e. The van der Waals surface area contributed by atoms with E-state index in [9.17, 15) is 39.6 Å². The zero-order valence-electron chi connectivity index (χ0n) is 19.0. The molecular weight excluding hydrogens is 396 g/mol. The van der Waals surface area contributed by atoms with E-state index >= 15 is 0 Å². The Balaban J connectivity index is 5.19. The maximum Gasteiger partial charge on any atom is 0.316 e. The Hall–Kier alpha value is -1.88. The first-order valence-electron chi connectivity index (χ1n) is 9.83. The average molecular weight is 435 g/mol. The van der Waals surface area contributed by atoms with Gasteiger partial charge in [0.15, 0.2) is 0 Å². The van der Waals surface area contributed by atoms with Crippen LogP contribution < -0.4 is 0 Å². The molecule has 0 bridgehead atoms. The maximum atomic E-state index is 12.5. The van der Waals surface area contributed by atoms with Gasteiger partial charge in [-0.25, -0.2) is 0 Å². The highest BCUT2D eigenvalue weighted by Crippen LogP contribution is 2.20. The minimum atomic E-state index is -1.63. The second kappa shape index (κ2) is 10.9. The van der Waals surface area contributed by atoms with Gasteiger partial charge in [-0.2, -0.15) is 0 Å². The molecule has 0 aromatic rings. The summed E-state index contributed by atoms with van der Waals surface area (Å²) in [5.74, 6) is -8.22. The van der Waals surface area contributed by atoms with Gasteiger partial charge in [0, 0.05) is 12.8 Å². The van der Waals surface area contributed by atoms with Gasteiger partial charge in [0.1, 0.15) is 48.7 Å². The standard InChI is InChI=1S/C20H36N2O8/c1-12(8-13(23)17(19(27)28)15(25)10-21(2,3)4)9-14(24)18(20(29)30)16(26)11-22(5,6)7/h12,15-18,25-26H,8-11H2,1-7H3/p+2. The Kier molecular flexibility index (Phi) is 10.3. The van der Waals surface area contributed by atoms with Crippen molar-refractivity contribution in [1.82, 2.24) is 0 Å². The average Bonchev–Trinajstić information content (AvgIpc) is 2.41. The van der Waals surface area contributed by atoms with Crippen LogP contribution in [0.25, 0.3) is 0 Å². The Morgan fingerprint density at radius 3 is 1.13 bits per heavy atom. The molecular formula is C20H38N2O8+2. The Morgan fingerprint density at radius 2 is 0.933 bits per heavy atom. The van der Waals surface area contributed by atoms with Crippen LogP contribution in [0, 0.1) is 17.8 Å². The lowest BCUT2D eigenvalue weighted by Gasteiger charge is -2.29. The summed E-state index contributed by atoms with van der Waals surface area (Å²) in [6.07, 6.45) is -3.38. The molecule has 10 nitrogen and oxygen atoms in total. The highest BCUT2D eigenvalue weighted by molar-refractivity contribution is 6.00. The first kappa shape index (κ1) is 28.1. The van der Waals surface area contributed by atoms with E-state index < -0.39 is 53.5 Å². The number of carboxylic acid groups (broad SMARTS) is 2. The van der Waals surface area contributed by atoms with Gasteiger partial charge in [-0.15, -0.1) is 0 Å². The lowest BCUT2D eigenvalue weighted by Crippen LogP contribution is -2.48. The molecule has 4 N–H and O–H groups in total. The van der Waals surface area contributed by atoms with E-state index in [0.29, 0.717) is 0 Å². The van der Waals surface area contributed by atoms with Crippen molar-refractivity contribution in [2.24, 2.45) is 17.8 Å². The van der Waals surface area contributed by atoms with Gasteiger partial charge in [-0.1, -0.05) is 6.92 Å². The Morgan fingerprint density at radius 1 is 0.667 bits per heavy atom. The fraction of sp³-hybridized carbons (Fsp3) is 0.800. The van der Waals surface area contributed by atoms with E-state index in [1.54, 1.807) is 42.3 Å². The number of ketones is 2. The van der Waals surface area contributed by atoms with Gasteiger partial charge in [-0.3, -0.25) is 19.2 Å². The zero-order chi connectivity index (χ0) is 24.0. The molecule has 0 aliphatic carbocycles. The first-order chi connectivity index (χ1) is 13.4. The van der Waals surface area contributed by atoms with Gasteiger partial charge >= 0.3 is 11.9 Å². The predicted molar refractivity (Wildman–Crippen MR) is 108 cm³/mol. The third-order valence-electron chi connectivity index (χ3n) is 4.56. The number of aliphatic hydroxyl groups is 2. The van der Waals surface area contributed by atoms with Gasteiger partial charge in [0.25, 0.3) is 0 Å². The van der Waals surface area contributed by atoms with Crippen LogP contribution in [0.15, 0.2) is 0 Å². The summed E-state index contributed by atoms with van der Waals surface area (Å²) < 4.78 is 0.521. The normalized spacial score (nSPS) is 17.5. The van der Waals surface area contributed by atoms with Crippen molar-refractivity contribution in [2.75, 3.05) is 55.4 Å². The minimum Gasteiger partial charge on any atom is -0.481 e. The Bertz CT molecular complexity index is 582. The number of likely N-dealkylation sites (N-methyl/N-ethyl adjacent to an activating group) is 2. The highest BCUT2D eigenvalue weighted by atomic mass is 16.4. The SMILES string of the molecule is CC(CC(=O)C(C(=O)O)C(O)C[N+](C)(C)C)CC(=O)C(C(=O)O)C(O)C[N+](C)(C)C. The molecule has 4 atom stereocenters. The van der Waals surface area contributed by atoms with Crippen LogP contribution >= 0.6 is 0 Å². The lowest BCUT2D eigenvalue weighted by molar-refractivity contribution is -0.873. The second-order valence-corrected chi connectivity index (χ2v) is 10.2. The molecule has 0 aliphatic heterocycles. The summed E-state index contributed by atoms with van der Waals surface area (Å²) in [4.78, 5) is 48.1. The molecule has 0 rings (SSSR count). The quantitative estimate of drug-likeness (QED) is 0.202. The molecule has 0 aromatic heterocycles. The smallest absolute Gasteiger partial charge is 0.316 e. The summed E-state index contributed by atoms with van der Waals surface area (Å²) >= 11 is 0. The van der Waals surface area contributed by atoms with Crippen LogP contribution in [-0.4, -0.2) is 120 Å². The van der Waals surface area contributed by atoms with Crippen molar-refractivity contribution in [3.63, 3.8) is 0 Å². The number of aliphatic hydroxyl groups excluding tert-OH is 2. The fourth-order valence-electron chi connectivity index (χ4n) is 3.38. The number of carboxylic acids is 2. The molecule has 10 heteroatoms. The van der Waals surface area contributed by atoms with E-state index in [1.165, 1.54) is 6.92 Å². The number of hydrogen-bond donors (Lipinski definition) is 4. The third kappa shape index (κ3) is 10.2. The van der Waals surface area contributed by atoms with Crippen LogP contribution in [-0.2, 0) is 19.2 Å². The zero-order valence-corrected chi connectivity index (χ0v) is 19.0. The molecule has 0 saturated heterocycles. The number of carbonyl (C=O) groups is 4. The van der Waals surface area contributed by atoms with Gasteiger partial charge in [0.2, 0.25) is 0 Å². The van der Waals surface area contributed by atoms with E-state index in [0.717, 1.165) is 0 Å². The molecule has 0 heterocycles. The van der Waals surface area contributed by atoms with Crippen LogP contribution in [0.3, 0.4) is 0 Å². The molecule has 0 saturated carbocycles. The van der Waals surface area contributed by atoms with E-state index in [4.69, 9.17) is 0 Å². The molecule has 0 fully saturated rings. The fourth-order valence-corrected chi connectivity index (χ4v) is 3.38. The topological polar surface area (TPSA) is 149 Å². The predicted octanol–water partition coefficient (Wildman–Crippen LogP) is -0.923. The van der Waals surface area contributed by atoms with Gasteiger partial charge in [-0.05, 0) is 5.92 Å². The molecule has 0 amide bonds. The van der Waals surface area contributed by atoms with Crippen molar-refractivity contribution in [3.8, 4) is 0 Å². The number of quaternary nitrogens is 2. The Labute approximate surface area is 177 Å². The van der Waals surface area contributed by atoms with Crippen molar-refractivity contribution >= 4 is 23.5 Å². The summed E-state index contributed by atoms with van der Waals surface area (Å²) in [6.45, 7) is 1.63. The molecule has 30 heavy (non-hydrogen) atoms. The first-order valence-corrected chi connectivity index (χ1v) is 9.83. The number of nitrogens with zero attached hydrogens (tertiary/aromatic N) is 2. The number of carbonyl (C=O) groups excluding carboxylic acids is 2. The van der Waals surface area contributed by atoms with Gasteiger partial charge in [0.05, 0.1) is 42.3 Å². The molecule has 174 valence electrons. The van der Waals surface area contributed by atoms with E-state index in [2.05, 4.69) is 0 Å². The summed E-state index contributed by atoms with van der Waals surface area (Å²) in [7, 11) is 10.5.